The zero-order valence-corrected chi connectivity index (χ0v) is 15.6. The third-order valence-electron chi connectivity index (χ3n) is 4.62. The van der Waals surface area contributed by atoms with Crippen molar-refractivity contribution >= 4 is 26.7 Å². The van der Waals surface area contributed by atoms with E-state index in [9.17, 15) is 8.42 Å². The number of sulfonamides is 1. The van der Waals surface area contributed by atoms with Crippen LogP contribution in [-0.2, 0) is 14.8 Å². The zero-order valence-electron chi connectivity index (χ0n) is 14.7. The van der Waals surface area contributed by atoms with Gasteiger partial charge in [-0.1, -0.05) is 12.1 Å². The fourth-order valence-electron chi connectivity index (χ4n) is 3.25. The summed E-state index contributed by atoms with van der Waals surface area (Å²) in [5.41, 5.74) is 3.70. The van der Waals surface area contributed by atoms with Crippen molar-refractivity contribution < 1.29 is 13.2 Å². The van der Waals surface area contributed by atoms with Crippen molar-refractivity contribution in [1.82, 2.24) is 9.97 Å². The van der Waals surface area contributed by atoms with Crippen LogP contribution in [0.1, 0.15) is 35.9 Å². The van der Waals surface area contributed by atoms with Crippen LogP contribution in [0.3, 0.4) is 0 Å². The van der Waals surface area contributed by atoms with E-state index in [0.717, 1.165) is 41.9 Å². The van der Waals surface area contributed by atoms with E-state index >= 15 is 0 Å². The molecule has 0 radical (unpaired) electrons. The summed E-state index contributed by atoms with van der Waals surface area (Å²) in [7, 11) is -3.65. The summed E-state index contributed by atoms with van der Waals surface area (Å²) in [5.74, 6) is 0.798. The van der Waals surface area contributed by atoms with Crippen LogP contribution in [0.4, 0.5) is 5.69 Å². The SMILES string of the molecule is Cc1ccc(C)c(S(=O)(=O)Nc2ccc3nc(C4CCCO4)[nH]c3c2)c1. The van der Waals surface area contributed by atoms with Crippen molar-refractivity contribution in [2.45, 2.75) is 37.7 Å². The Morgan fingerprint density at radius 1 is 1.19 bits per heavy atom. The molecule has 1 fully saturated rings. The Bertz CT molecular complexity index is 1070. The Hall–Kier alpha value is -2.38. The Morgan fingerprint density at radius 2 is 2.04 bits per heavy atom. The van der Waals surface area contributed by atoms with Gasteiger partial charge in [-0.3, -0.25) is 4.72 Å². The number of nitrogens with one attached hydrogen (secondary N) is 2. The van der Waals surface area contributed by atoms with Crippen LogP contribution in [0.15, 0.2) is 41.3 Å². The number of benzene rings is 2. The van der Waals surface area contributed by atoms with E-state index in [4.69, 9.17) is 4.74 Å². The van der Waals surface area contributed by atoms with Gasteiger partial charge in [0.15, 0.2) is 0 Å². The van der Waals surface area contributed by atoms with Gasteiger partial charge in [-0.15, -0.1) is 0 Å². The second kappa shape index (κ2) is 6.41. The van der Waals surface area contributed by atoms with Crippen LogP contribution in [0.5, 0.6) is 0 Å². The molecule has 0 spiro atoms. The van der Waals surface area contributed by atoms with Crippen LogP contribution in [0.25, 0.3) is 11.0 Å². The number of anilines is 1. The molecule has 2 N–H and O–H groups in total. The second-order valence-corrected chi connectivity index (χ2v) is 8.38. The van der Waals surface area contributed by atoms with Gasteiger partial charge in [0.05, 0.1) is 21.6 Å². The lowest BCUT2D eigenvalue weighted by atomic mass is 10.2. The maximum Gasteiger partial charge on any atom is 0.262 e. The molecule has 2 heterocycles. The molecule has 0 saturated carbocycles. The first kappa shape index (κ1) is 17.1. The predicted molar refractivity (Wildman–Crippen MR) is 101 cm³/mol. The molecule has 0 amide bonds. The van der Waals surface area contributed by atoms with E-state index in [2.05, 4.69) is 14.7 Å². The van der Waals surface area contributed by atoms with Crippen molar-refractivity contribution in [3.63, 3.8) is 0 Å². The lowest BCUT2D eigenvalue weighted by molar-refractivity contribution is 0.106. The van der Waals surface area contributed by atoms with E-state index < -0.39 is 10.0 Å². The highest BCUT2D eigenvalue weighted by Crippen LogP contribution is 2.29. The van der Waals surface area contributed by atoms with Crippen molar-refractivity contribution in [2.75, 3.05) is 11.3 Å². The molecule has 0 bridgehead atoms. The van der Waals surface area contributed by atoms with Crippen LogP contribution in [0, 0.1) is 13.8 Å². The number of imidazole rings is 1. The fourth-order valence-corrected chi connectivity index (χ4v) is 4.63. The quantitative estimate of drug-likeness (QED) is 0.730. The predicted octanol–water partition coefficient (Wildman–Crippen LogP) is 3.83. The Kier molecular flexibility index (Phi) is 4.20. The molecule has 136 valence electrons. The van der Waals surface area contributed by atoms with Gasteiger partial charge >= 0.3 is 0 Å². The number of hydrogen-bond donors (Lipinski definition) is 2. The minimum Gasteiger partial charge on any atom is -0.370 e. The van der Waals surface area contributed by atoms with Gasteiger partial charge in [0.25, 0.3) is 10.0 Å². The van der Waals surface area contributed by atoms with Crippen molar-refractivity contribution in [3.05, 3.63) is 53.3 Å². The van der Waals surface area contributed by atoms with E-state index in [0.29, 0.717) is 16.1 Å². The van der Waals surface area contributed by atoms with Gasteiger partial charge in [-0.25, -0.2) is 13.4 Å². The average Bonchev–Trinajstić information content (AvgIpc) is 3.25. The number of H-pyrrole nitrogens is 1. The molecule has 1 atom stereocenters. The topological polar surface area (TPSA) is 84.1 Å². The zero-order chi connectivity index (χ0) is 18.3. The van der Waals surface area contributed by atoms with Gasteiger partial charge in [0.2, 0.25) is 0 Å². The van der Waals surface area contributed by atoms with Crippen molar-refractivity contribution in [3.8, 4) is 0 Å². The minimum atomic E-state index is -3.65. The summed E-state index contributed by atoms with van der Waals surface area (Å²) in [6, 6.07) is 10.7. The molecule has 1 unspecified atom stereocenters. The normalized spacial score (nSPS) is 17.7. The Labute approximate surface area is 152 Å². The summed E-state index contributed by atoms with van der Waals surface area (Å²) in [4.78, 5) is 8.11. The molecule has 1 saturated heterocycles. The van der Waals surface area contributed by atoms with Crippen molar-refractivity contribution in [1.29, 1.82) is 0 Å². The molecule has 2 aromatic carbocycles. The first-order valence-corrected chi connectivity index (χ1v) is 10.1. The summed E-state index contributed by atoms with van der Waals surface area (Å²) < 4.78 is 33.9. The molecule has 1 aliphatic heterocycles. The molecule has 3 aromatic rings. The van der Waals surface area contributed by atoms with E-state index in [1.54, 1.807) is 25.1 Å². The van der Waals surface area contributed by atoms with Crippen LogP contribution in [0.2, 0.25) is 0 Å². The van der Waals surface area contributed by atoms with Gasteiger partial charge in [-0.2, -0.15) is 0 Å². The average molecular weight is 371 g/mol. The third-order valence-corrected chi connectivity index (χ3v) is 6.14. The number of hydrogen-bond acceptors (Lipinski definition) is 4. The number of aryl methyl sites for hydroxylation is 2. The smallest absolute Gasteiger partial charge is 0.262 e. The molecule has 6 nitrogen and oxygen atoms in total. The molecule has 26 heavy (non-hydrogen) atoms. The third kappa shape index (κ3) is 3.20. The summed E-state index contributed by atoms with van der Waals surface area (Å²) in [6.07, 6.45) is 1.98. The monoisotopic (exact) mass is 371 g/mol. The van der Waals surface area contributed by atoms with Gasteiger partial charge in [0.1, 0.15) is 11.9 Å². The molecular weight excluding hydrogens is 350 g/mol. The Balaban J connectivity index is 1.65. The van der Waals surface area contributed by atoms with Crippen LogP contribution in [-0.4, -0.2) is 25.0 Å². The highest BCUT2D eigenvalue weighted by atomic mass is 32.2. The van der Waals surface area contributed by atoms with Gasteiger partial charge < -0.3 is 9.72 Å². The first-order chi connectivity index (χ1) is 12.4. The number of aromatic nitrogens is 2. The molecule has 7 heteroatoms. The van der Waals surface area contributed by atoms with Crippen LogP contribution >= 0.6 is 0 Å². The molecule has 1 aliphatic rings. The van der Waals surface area contributed by atoms with Gasteiger partial charge in [0, 0.05) is 6.61 Å². The highest BCUT2D eigenvalue weighted by molar-refractivity contribution is 7.92. The van der Waals surface area contributed by atoms with Crippen molar-refractivity contribution in [2.24, 2.45) is 0 Å². The maximum absolute atomic E-state index is 12.8. The lowest BCUT2D eigenvalue weighted by Gasteiger charge is -2.11. The summed E-state index contributed by atoms with van der Waals surface area (Å²) in [6.45, 7) is 4.42. The molecule has 4 rings (SSSR count). The van der Waals surface area contributed by atoms with E-state index in [-0.39, 0.29) is 6.10 Å². The number of ether oxygens (including phenoxy) is 1. The van der Waals surface area contributed by atoms with E-state index in [1.807, 2.05) is 25.1 Å². The summed E-state index contributed by atoms with van der Waals surface area (Å²) in [5, 5.41) is 0. The number of nitrogens with zero attached hydrogens (tertiary/aromatic N) is 1. The summed E-state index contributed by atoms with van der Waals surface area (Å²) >= 11 is 0. The number of rotatable bonds is 4. The minimum absolute atomic E-state index is 0.00233. The lowest BCUT2D eigenvalue weighted by Crippen LogP contribution is -2.14. The molecule has 1 aromatic heterocycles. The van der Waals surface area contributed by atoms with E-state index in [1.165, 1.54) is 0 Å². The fraction of sp³-hybridized carbons (Fsp3) is 0.316. The second-order valence-electron chi connectivity index (χ2n) is 6.73. The molecular formula is C19H21N3O3S. The maximum atomic E-state index is 12.8. The number of fused-ring (bicyclic) bond motifs is 1. The number of aromatic amines is 1. The van der Waals surface area contributed by atoms with Crippen LogP contribution < -0.4 is 4.72 Å². The first-order valence-electron chi connectivity index (χ1n) is 8.64. The highest BCUT2D eigenvalue weighted by Gasteiger charge is 2.22. The van der Waals surface area contributed by atoms with Gasteiger partial charge in [-0.05, 0) is 62.1 Å². The standard InChI is InChI=1S/C19H21N3O3S/c1-12-5-6-13(2)18(10-12)26(23,24)22-14-7-8-15-16(11-14)21-19(20-15)17-4-3-9-25-17/h5-8,10-11,17,22H,3-4,9H2,1-2H3,(H,20,21). The largest absolute Gasteiger partial charge is 0.370 e. The molecule has 0 aliphatic carbocycles. The Morgan fingerprint density at radius 3 is 2.81 bits per heavy atom.